The Labute approximate surface area is 174 Å². The van der Waals surface area contributed by atoms with Crippen molar-refractivity contribution in [2.24, 2.45) is 0 Å². The number of para-hydroxylation sites is 2. The SMILES string of the molecule is COc1ccccc1N1C[C@@H](c2cc(=O)[nH]c(NCc3ccccc3C)n2)CC1=O. The fraction of sp³-hybridized carbons (Fsp3) is 0.261. The zero-order valence-corrected chi connectivity index (χ0v) is 17.0. The molecule has 2 heterocycles. The molecule has 3 aromatic rings. The van der Waals surface area contributed by atoms with E-state index in [0.29, 0.717) is 36.9 Å². The van der Waals surface area contributed by atoms with Crippen LogP contribution in [0.2, 0.25) is 0 Å². The minimum Gasteiger partial charge on any atom is -0.495 e. The molecule has 7 heteroatoms. The summed E-state index contributed by atoms with van der Waals surface area (Å²) in [6.07, 6.45) is 0.297. The van der Waals surface area contributed by atoms with Gasteiger partial charge in [0.1, 0.15) is 5.75 Å². The Bertz CT molecular complexity index is 1130. The molecule has 30 heavy (non-hydrogen) atoms. The lowest BCUT2D eigenvalue weighted by Crippen LogP contribution is -2.25. The Kier molecular flexibility index (Phi) is 5.52. The number of carbonyl (C=O) groups excluding carboxylic acids is 1. The molecule has 1 amide bonds. The average molecular weight is 404 g/mol. The fourth-order valence-electron chi connectivity index (χ4n) is 3.75. The summed E-state index contributed by atoms with van der Waals surface area (Å²) in [5.41, 5.74) is 3.39. The van der Waals surface area contributed by atoms with Crippen LogP contribution in [-0.2, 0) is 11.3 Å². The molecule has 1 fully saturated rings. The van der Waals surface area contributed by atoms with Crippen molar-refractivity contribution in [2.45, 2.75) is 25.8 Å². The van der Waals surface area contributed by atoms with Gasteiger partial charge in [0.25, 0.3) is 5.56 Å². The molecule has 2 N–H and O–H groups in total. The molecule has 0 bridgehead atoms. The molecule has 0 radical (unpaired) electrons. The third kappa shape index (κ3) is 4.05. The second-order valence-electron chi connectivity index (χ2n) is 7.38. The highest BCUT2D eigenvalue weighted by molar-refractivity contribution is 5.97. The third-order valence-electron chi connectivity index (χ3n) is 5.39. The zero-order chi connectivity index (χ0) is 21.1. The van der Waals surface area contributed by atoms with Gasteiger partial charge in [-0.1, -0.05) is 36.4 Å². The Morgan fingerprint density at radius 1 is 1.17 bits per heavy atom. The van der Waals surface area contributed by atoms with Crippen LogP contribution in [0.3, 0.4) is 0 Å². The number of benzene rings is 2. The summed E-state index contributed by atoms with van der Waals surface area (Å²) < 4.78 is 5.39. The molecule has 1 atom stereocenters. The van der Waals surface area contributed by atoms with Gasteiger partial charge in [0.15, 0.2) is 0 Å². The maximum Gasteiger partial charge on any atom is 0.252 e. The van der Waals surface area contributed by atoms with E-state index in [1.807, 2.05) is 55.5 Å². The maximum atomic E-state index is 12.7. The zero-order valence-electron chi connectivity index (χ0n) is 17.0. The van der Waals surface area contributed by atoms with E-state index in [-0.39, 0.29) is 17.4 Å². The van der Waals surface area contributed by atoms with Crippen molar-refractivity contribution in [1.82, 2.24) is 9.97 Å². The number of H-pyrrole nitrogens is 1. The topological polar surface area (TPSA) is 87.3 Å². The van der Waals surface area contributed by atoms with Gasteiger partial charge in [-0.05, 0) is 30.2 Å². The molecule has 0 spiro atoms. The van der Waals surface area contributed by atoms with Crippen molar-refractivity contribution in [3.63, 3.8) is 0 Å². The van der Waals surface area contributed by atoms with Crippen molar-refractivity contribution in [1.29, 1.82) is 0 Å². The number of aromatic amines is 1. The van der Waals surface area contributed by atoms with Gasteiger partial charge in [-0.25, -0.2) is 4.98 Å². The highest BCUT2D eigenvalue weighted by atomic mass is 16.5. The first-order valence-corrected chi connectivity index (χ1v) is 9.88. The van der Waals surface area contributed by atoms with Crippen LogP contribution in [0.4, 0.5) is 11.6 Å². The van der Waals surface area contributed by atoms with Gasteiger partial charge in [-0.15, -0.1) is 0 Å². The molecule has 0 aliphatic carbocycles. The summed E-state index contributed by atoms with van der Waals surface area (Å²) in [6.45, 7) is 3.04. The largest absolute Gasteiger partial charge is 0.495 e. The highest BCUT2D eigenvalue weighted by Gasteiger charge is 2.34. The number of rotatable bonds is 6. The molecule has 1 aliphatic rings. The van der Waals surface area contributed by atoms with Gasteiger partial charge in [0.05, 0.1) is 18.5 Å². The van der Waals surface area contributed by atoms with E-state index in [4.69, 9.17) is 4.74 Å². The van der Waals surface area contributed by atoms with Gasteiger partial charge in [-0.3, -0.25) is 14.6 Å². The standard InChI is InChI=1S/C23H24N4O3/c1-15-7-3-4-8-16(15)13-24-23-25-18(12-21(28)26-23)17-11-22(29)27(14-17)19-9-5-6-10-20(19)30-2/h3-10,12,17H,11,13-14H2,1-2H3,(H2,24,25,26,28)/t17-/m0/s1. The van der Waals surface area contributed by atoms with Crippen LogP contribution in [-0.4, -0.2) is 29.5 Å². The number of anilines is 2. The van der Waals surface area contributed by atoms with Crippen LogP contribution in [0.25, 0.3) is 0 Å². The number of hydrogen-bond acceptors (Lipinski definition) is 5. The Balaban J connectivity index is 1.54. The quantitative estimate of drug-likeness (QED) is 0.659. The van der Waals surface area contributed by atoms with Crippen molar-refractivity contribution >= 4 is 17.5 Å². The van der Waals surface area contributed by atoms with Gasteiger partial charge in [0, 0.05) is 31.5 Å². The third-order valence-corrected chi connectivity index (χ3v) is 5.39. The predicted molar refractivity (Wildman–Crippen MR) is 116 cm³/mol. The lowest BCUT2D eigenvalue weighted by atomic mass is 10.0. The second-order valence-corrected chi connectivity index (χ2v) is 7.38. The van der Waals surface area contributed by atoms with Crippen LogP contribution in [0.1, 0.15) is 29.2 Å². The minimum absolute atomic E-state index is 0.0130. The molecular weight excluding hydrogens is 380 g/mol. The van der Waals surface area contributed by atoms with Gasteiger partial charge < -0.3 is 15.0 Å². The number of aryl methyl sites for hydroxylation is 1. The normalized spacial score (nSPS) is 16.0. The van der Waals surface area contributed by atoms with E-state index in [9.17, 15) is 9.59 Å². The molecule has 0 unspecified atom stereocenters. The number of carbonyl (C=O) groups is 1. The molecule has 1 saturated heterocycles. The van der Waals surface area contributed by atoms with Gasteiger partial charge in [-0.2, -0.15) is 0 Å². The Morgan fingerprint density at radius 2 is 1.93 bits per heavy atom. The molecule has 1 aliphatic heterocycles. The van der Waals surface area contributed by atoms with E-state index in [1.165, 1.54) is 6.07 Å². The lowest BCUT2D eigenvalue weighted by molar-refractivity contribution is -0.117. The van der Waals surface area contributed by atoms with Crippen molar-refractivity contribution in [2.75, 3.05) is 23.9 Å². The van der Waals surface area contributed by atoms with E-state index in [2.05, 4.69) is 15.3 Å². The molecule has 7 nitrogen and oxygen atoms in total. The van der Waals surface area contributed by atoms with Crippen LogP contribution in [0.5, 0.6) is 5.75 Å². The predicted octanol–water partition coefficient (Wildman–Crippen LogP) is 3.22. The smallest absolute Gasteiger partial charge is 0.252 e. The Hall–Kier alpha value is -3.61. The fourth-order valence-corrected chi connectivity index (χ4v) is 3.75. The first-order valence-electron chi connectivity index (χ1n) is 9.88. The first-order chi connectivity index (χ1) is 14.5. The summed E-state index contributed by atoms with van der Waals surface area (Å²) in [5.74, 6) is 0.875. The number of nitrogens with one attached hydrogen (secondary N) is 2. The second kappa shape index (κ2) is 8.41. The van der Waals surface area contributed by atoms with Crippen molar-refractivity contribution in [3.8, 4) is 5.75 Å². The summed E-state index contributed by atoms with van der Waals surface area (Å²) in [5, 5.41) is 3.19. The molecule has 4 rings (SSSR count). The molecule has 2 aromatic carbocycles. The minimum atomic E-state index is -0.240. The van der Waals surface area contributed by atoms with Gasteiger partial charge >= 0.3 is 0 Å². The first kappa shape index (κ1) is 19.7. The molecule has 1 aromatic heterocycles. The summed E-state index contributed by atoms with van der Waals surface area (Å²) in [4.78, 5) is 33.9. The molecule has 0 saturated carbocycles. The average Bonchev–Trinajstić information content (AvgIpc) is 3.14. The van der Waals surface area contributed by atoms with Gasteiger partial charge in [0.2, 0.25) is 11.9 Å². The molecular formula is C23H24N4O3. The summed E-state index contributed by atoms with van der Waals surface area (Å²) in [6, 6.07) is 16.9. The number of amides is 1. The van der Waals surface area contributed by atoms with Crippen LogP contribution in [0.15, 0.2) is 59.4 Å². The molecule has 154 valence electrons. The maximum absolute atomic E-state index is 12.7. The highest BCUT2D eigenvalue weighted by Crippen LogP contribution is 2.35. The summed E-state index contributed by atoms with van der Waals surface area (Å²) >= 11 is 0. The van der Waals surface area contributed by atoms with Crippen molar-refractivity contribution in [3.05, 3.63) is 81.8 Å². The van der Waals surface area contributed by atoms with Crippen molar-refractivity contribution < 1.29 is 9.53 Å². The Morgan fingerprint density at radius 3 is 2.73 bits per heavy atom. The van der Waals surface area contributed by atoms with E-state index in [1.54, 1.807) is 12.0 Å². The van der Waals surface area contributed by atoms with Crippen LogP contribution < -0.4 is 20.5 Å². The number of nitrogens with zero attached hydrogens (tertiary/aromatic N) is 2. The number of hydrogen-bond donors (Lipinski definition) is 2. The number of methoxy groups -OCH3 is 1. The van der Waals surface area contributed by atoms with Crippen LogP contribution >= 0.6 is 0 Å². The number of aromatic nitrogens is 2. The van der Waals surface area contributed by atoms with E-state index >= 15 is 0 Å². The summed E-state index contributed by atoms with van der Waals surface area (Å²) in [7, 11) is 1.58. The van der Waals surface area contributed by atoms with E-state index in [0.717, 1.165) is 16.8 Å². The van der Waals surface area contributed by atoms with Crippen LogP contribution in [0, 0.1) is 6.92 Å². The number of ether oxygens (including phenoxy) is 1. The van der Waals surface area contributed by atoms with E-state index < -0.39 is 0 Å². The lowest BCUT2D eigenvalue weighted by Gasteiger charge is -2.19. The monoisotopic (exact) mass is 404 g/mol.